The Kier molecular flexibility index (Phi) is 6.69. The molecule has 1 atom stereocenters. The van der Waals surface area contributed by atoms with E-state index < -0.39 is 22.0 Å². The van der Waals surface area contributed by atoms with Crippen molar-refractivity contribution in [1.29, 1.82) is 0 Å². The number of carbonyl (C=O) groups excluding carboxylic acids is 2. The number of amides is 1. The quantitative estimate of drug-likeness (QED) is 0.671. The number of benzene rings is 1. The van der Waals surface area contributed by atoms with Crippen molar-refractivity contribution in [1.82, 2.24) is 9.21 Å². The largest absolute Gasteiger partial charge is 0.454 e. The van der Waals surface area contributed by atoms with E-state index in [1.807, 2.05) is 6.92 Å². The number of nitrogens with zero attached hydrogens (tertiary/aromatic N) is 2. The fourth-order valence-electron chi connectivity index (χ4n) is 3.41. The number of sulfonamides is 1. The normalized spacial score (nSPS) is 21.3. The van der Waals surface area contributed by atoms with Crippen LogP contribution in [-0.2, 0) is 29.1 Å². The number of carbonyl (C=O) groups is 2. The molecule has 2 aliphatic heterocycles. The van der Waals surface area contributed by atoms with Crippen LogP contribution in [0.3, 0.4) is 0 Å². The molecule has 0 aromatic heterocycles. The van der Waals surface area contributed by atoms with Gasteiger partial charge in [0.25, 0.3) is 5.91 Å². The Balaban J connectivity index is 1.67. The van der Waals surface area contributed by atoms with Gasteiger partial charge in [0.1, 0.15) is 6.04 Å². The molecule has 154 valence electrons. The van der Waals surface area contributed by atoms with E-state index in [4.69, 9.17) is 9.47 Å². The Morgan fingerprint density at radius 1 is 1.11 bits per heavy atom. The number of ether oxygens (including phenoxy) is 2. The minimum Gasteiger partial charge on any atom is -0.454 e. The number of hydrogen-bond donors (Lipinski definition) is 0. The Hall–Kier alpha value is -1.97. The molecule has 2 aliphatic rings. The summed E-state index contributed by atoms with van der Waals surface area (Å²) in [7, 11) is -3.81. The van der Waals surface area contributed by atoms with Gasteiger partial charge in [0, 0.05) is 19.6 Å². The maximum atomic E-state index is 13.0. The van der Waals surface area contributed by atoms with E-state index in [0.29, 0.717) is 39.1 Å². The molecule has 0 bridgehead atoms. The van der Waals surface area contributed by atoms with Gasteiger partial charge in [0.05, 0.1) is 18.1 Å². The van der Waals surface area contributed by atoms with Crippen molar-refractivity contribution < 1.29 is 27.5 Å². The van der Waals surface area contributed by atoms with E-state index in [2.05, 4.69) is 0 Å². The van der Waals surface area contributed by atoms with Gasteiger partial charge in [-0.3, -0.25) is 9.59 Å². The van der Waals surface area contributed by atoms with Crippen LogP contribution in [0.25, 0.3) is 0 Å². The van der Waals surface area contributed by atoms with E-state index in [9.17, 15) is 18.0 Å². The van der Waals surface area contributed by atoms with Crippen molar-refractivity contribution in [2.45, 2.75) is 37.1 Å². The fraction of sp³-hybridized carbons (Fsp3) is 0.579. The molecule has 2 heterocycles. The van der Waals surface area contributed by atoms with Crippen LogP contribution in [0.5, 0.6) is 0 Å². The van der Waals surface area contributed by atoms with E-state index in [0.717, 1.165) is 12.0 Å². The molecule has 2 fully saturated rings. The van der Waals surface area contributed by atoms with Crippen molar-refractivity contribution >= 4 is 21.9 Å². The van der Waals surface area contributed by atoms with Gasteiger partial charge in [-0.25, -0.2) is 8.42 Å². The molecule has 0 aliphatic carbocycles. The van der Waals surface area contributed by atoms with Gasteiger partial charge in [0.15, 0.2) is 6.61 Å². The van der Waals surface area contributed by atoms with Crippen molar-refractivity contribution in [2.75, 3.05) is 39.5 Å². The summed E-state index contributed by atoms with van der Waals surface area (Å²) in [5, 5.41) is 0. The molecule has 0 unspecified atom stereocenters. The van der Waals surface area contributed by atoms with Crippen LogP contribution in [0, 0.1) is 6.92 Å². The van der Waals surface area contributed by atoms with Crippen molar-refractivity contribution in [3.8, 4) is 0 Å². The summed E-state index contributed by atoms with van der Waals surface area (Å²) in [6, 6.07) is 5.64. The smallest absolute Gasteiger partial charge is 0.324 e. The molecule has 1 amide bonds. The summed E-state index contributed by atoms with van der Waals surface area (Å²) in [4.78, 5) is 26.5. The monoisotopic (exact) mass is 410 g/mol. The third-order valence-corrected chi connectivity index (χ3v) is 6.98. The van der Waals surface area contributed by atoms with Gasteiger partial charge in [0.2, 0.25) is 10.0 Å². The molecule has 28 heavy (non-hydrogen) atoms. The molecule has 9 heteroatoms. The molecule has 2 saturated heterocycles. The predicted octanol–water partition coefficient (Wildman–Crippen LogP) is 0.940. The van der Waals surface area contributed by atoms with Gasteiger partial charge in [-0.1, -0.05) is 17.7 Å². The first kappa shape index (κ1) is 20.8. The van der Waals surface area contributed by atoms with Crippen LogP contribution in [-0.4, -0.2) is 75.0 Å². The molecule has 0 N–H and O–H groups in total. The first-order chi connectivity index (χ1) is 13.4. The highest BCUT2D eigenvalue weighted by molar-refractivity contribution is 7.89. The van der Waals surface area contributed by atoms with Gasteiger partial charge in [-0.2, -0.15) is 4.31 Å². The highest BCUT2D eigenvalue weighted by atomic mass is 32.2. The SMILES string of the molecule is Cc1ccc(S(=O)(=O)N2CCCC[C@H]2C(=O)OCC(=O)N2CCOCC2)cc1. The lowest BCUT2D eigenvalue weighted by Crippen LogP contribution is -2.49. The molecular formula is C19H26N2O6S. The number of aryl methyl sites for hydroxylation is 1. The predicted molar refractivity (Wildman–Crippen MR) is 101 cm³/mol. The van der Waals surface area contributed by atoms with Crippen molar-refractivity contribution in [3.63, 3.8) is 0 Å². The molecule has 0 spiro atoms. The third-order valence-electron chi connectivity index (χ3n) is 5.06. The first-order valence-corrected chi connectivity index (χ1v) is 10.9. The lowest BCUT2D eigenvalue weighted by atomic mass is 10.1. The topological polar surface area (TPSA) is 93.2 Å². The first-order valence-electron chi connectivity index (χ1n) is 9.50. The van der Waals surface area contributed by atoms with Crippen molar-refractivity contribution in [3.05, 3.63) is 29.8 Å². The maximum absolute atomic E-state index is 13.0. The second-order valence-corrected chi connectivity index (χ2v) is 8.93. The molecular weight excluding hydrogens is 384 g/mol. The molecule has 8 nitrogen and oxygen atoms in total. The Labute approximate surface area is 165 Å². The lowest BCUT2D eigenvalue weighted by Gasteiger charge is -2.33. The standard InChI is InChI=1S/C19H26N2O6S/c1-15-5-7-16(8-6-15)28(24,25)21-9-3-2-4-17(21)19(23)27-14-18(22)20-10-12-26-13-11-20/h5-8,17H,2-4,9-14H2,1H3/t17-/m0/s1. The number of hydrogen-bond acceptors (Lipinski definition) is 6. The summed E-state index contributed by atoms with van der Waals surface area (Å²) in [5.41, 5.74) is 0.954. The Morgan fingerprint density at radius 2 is 1.79 bits per heavy atom. The average molecular weight is 410 g/mol. The molecule has 3 rings (SSSR count). The summed E-state index contributed by atoms with van der Waals surface area (Å²) in [6.45, 7) is 3.61. The second-order valence-electron chi connectivity index (χ2n) is 7.04. The van der Waals surface area contributed by atoms with E-state index in [1.54, 1.807) is 29.2 Å². The zero-order valence-corrected chi connectivity index (χ0v) is 16.8. The van der Waals surface area contributed by atoms with Crippen LogP contribution < -0.4 is 0 Å². The summed E-state index contributed by atoms with van der Waals surface area (Å²) < 4.78 is 37.7. The third kappa shape index (κ3) is 4.71. The van der Waals surface area contributed by atoms with Crippen LogP contribution in [0.1, 0.15) is 24.8 Å². The zero-order valence-electron chi connectivity index (χ0n) is 16.0. The minimum absolute atomic E-state index is 0.155. The fourth-order valence-corrected chi connectivity index (χ4v) is 5.05. The number of morpholine rings is 1. The number of esters is 1. The Morgan fingerprint density at radius 3 is 2.46 bits per heavy atom. The van der Waals surface area contributed by atoms with Gasteiger partial charge in [-0.15, -0.1) is 0 Å². The zero-order chi connectivity index (χ0) is 20.1. The van der Waals surface area contributed by atoms with E-state index in [1.165, 1.54) is 4.31 Å². The highest BCUT2D eigenvalue weighted by Gasteiger charge is 2.38. The second kappa shape index (κ2) is 9.02. The summed E-state index contributed by atoms with van der Waals surface area (Å²) in [5.74, 6) is -0.961. The summed E-state index contributed by atoms with van der Waals surface area (Å²) >= 11 is 0. The number of rotatable bonds is 5. The van der Waals surface area contributed by atoms with E-state index >= 15 is 0 Å². The number of piperidine rings is 1. The van der Waals surface area contributed by atoms with E-state index in [-0.39, 0.29) is 24.0 Å². The summed E-state index contributed by atoms with van der Waals surface area (Å²) in [6.07, 6.45) is 1.80. The van der Waals surface area contributed by atoms with Crippen LogP contribution in [0.15, 0.2) is 29.2 Å². The van der Waals surface area contributed by atoms with Gasteiger partial charge >= 0.3 is 5.97 Å². The molecule has 0 saturated carbocycles. The van der Waals surface area contributed by atoms with Crippen LogP contribution in [0.2, 0.25) is 0 Å². The molecule has 0 radical (unpaired) electrons. The molecule has 1 aromatic rings. The molecule has 1 aromatic carbocycles. The van der Waals surface area contributed by atoms with Crippen LogP contribution in [0.4, 0.5) is 0 Å². The Bertz CT molecular complexity index is 802. The minimum atomic E-state index is -3.81. The maximum Gasteiger partial charge on any atom is 0.324 e. The van der Waals surface area contributed by atoms with Gasteiger partial charge < -0.3 is 14.4 Å². The van der Waals surface area contributed by atoms with Crippen LogP contribution >= 0.6 is 0 Å². The van der Waals surface area contributed by atoms with Gasteiger partial charge in [-0.05, 0) is 38.3 Å². The average Bonchev–Trinajstić information content (AvgIpc) is 2.72. The lowest BCUT2D eigenvalue weighted by molar-refractivity contribution is -0.157. The van der Waals surface area contributed by atoms with Crippen molar-refractivity contribution in [2.24, 2.45) is 0 Å². The highest BCUT2D eigenvalue weighted by Crippen LogP contribution is 2.26.